The van der Waals surface area contributed by atoms with Crippen molar-refractivity contribution in [1.29, 1.82) is 0 Å². The first-order valence-electron chi connectivity index (χ1n) is 7.49. The summed E-state index contributed by atoms with van der Waals surface area (Å²) in [7, 11) is 1.66. The van der Waals surface area contributed by atoms with Crippen LogP contribution in [0, 0.1) is 6.92 Å². The molecule has 4 heteroatoms. The Kier molecular flexibility index (Phi) is 4.93. The first-order chi connectivity index (χ1) is 11.2. The van der Waals surface area contributed by atoms with Crippen LogP contribution in [0.2, 0.25) is 0 Å². The van der Waals surface area contributed by atoms with E-state index in [1.807, 2.05) is 31.2 Å². The van der Waals surface area contributed by atoms with E-state index in [4.69, 9.17) is 9.47 Å². The van der Waals surface area contributed by atoms with E-state index in [9.17, 15) is 0 Å². The summed E-state index contributed by atoms with van der Waals surface area (Å²) in [4.78, 5) is 4.65. The second kappa shape index (κ2) is 7.29. The van der Waals surface area contributed by atoms with Crippen LogP contribution >= 0.6 is 11.3 Å². The number of hydrogen-bond acceptors (Lipinski definition) is 4. The van der Waals surface area contributed by atoms with Gasteiger partial charge in [0.25, 0.3) is 0 Å². The lowest BCUT2D eigenvalue weighted by Gasteiger charge is -2.10. The zero-order valence-electron chi connectivity index (χ0n) is 13.3. The fourth-order valence-electron chi connectivity index (χ4n) is 2.31. The van der Waals surface area contributed by atoms with Crippen molar-refractivity contribution in [3.8, 4) is 11.5 Å². The normalized spacial score (nSPS) is 10.5. The number of thiazole rings is 1. The van der Waals surface area contributed by atoms with Gasteiger partial charge in [-0.05, 0) is 30.2 Å². The molecule has 23 heavy (non-hydrogen) atoms. The molecule has 0 N–H and O–H groups in total. The zero-order valence-corrected chi connectivity index (χ0v) is 14.1. The molecule has 3 aromatic rings. The Morgan fingerprint density at radius 3 is 2.65 bits per heavy atom. The summed E-state index contributed by atoms with van der Waals surface area (Å²) in [6, 6.07) is 16.3. The van der Waals surface area contributed by atoms with Crippen molar-refractivity contribution < 1.29 is 9.47 Å². The van der Waals surface area contributed by atoms with E-state index in [2.05, 4.69) is 34.6 Å². The molecule has 0 unspecified atom stereocenters. The minimum Gasteiger partial charge on any atom is -0.493 e. The maximum atomic E-state index is 5.85. The van der Waals surface area contributed by atoms with Crippen molar-refractivity contribution >= 4 is 11.3 Å². The fraction of sp³-hybridized carbons (Fsp3) is 0.211. The largest absolute Gasteiger partial charge is 0.493 e. The Bertz CT molecular complexity index is 768. The number of aromatic nitrogens is 1. The van der Waals surface area contributed by atoms with Crippen molar-refractivity contribution in [1.82, 2.24) is 4.98 Å². The van der Waals surface area contributed by atoms with Gasteiger partial charge in [-0.3, -0.25) is 0 Å². The first kappa shape index (κ1) is 15.6. The predicted molar refractivity (Wildman–Crippen MR) is 93.4 cm³/mol. The van der Waals surface area contributed by atoms with Crippen LogP contribution in [-0.2, 0) is 13.0 Å². The maximum absolute atomic E-state index is 5.85. The van der Waals surface area contributed by atoms with Gasteiger partial charge in [0, 0.05) is 11.8 Å². The number of aryl methyl sites for hydroxylation is 1. The molecule has 0 saturated heterocycles. The van der Waals surface area contributed by atoms with E-state index in [-0.39, 0.29) is 0 Å². The molecule has 0 amide bonds. The SMILES string of the molecule is COc1cc(C)ccc1OCc1csc(Cc2ccccc2)n1. The number of ether oxygens (including phenoxy) is 2. The molecule has 0 fully saturated rings. The molecule has 0 aliphatic heterocycles. The minimum absolute atomic E-state index is 0.449. The van der Waals surface area contributed by atoms with Crippen LogP contribution in [0.1, 0.15) is 21.8 Å². The van der Waals surface area contributed by atoms with Gasteiger partial charge in [-0.2, -0.15) is 0 Å². The van der Waals surface area contributed by atoms with Gasteiger partial charge in [0.2, 0.25) is 0 Å². The Hall–Kier alpha value is -2.33. The summed E-state index contributed by atoms with van der Waals surface area (Å²) >= 11 is 1.67. The molecule has 2 aromatic carbocycles. The van der Waals surface area contributed by atoms with E-state index < -0.39 is 0 Å². The van der Waals surface area contributed by atoms with Crippen molar-refractivity contribution in [3.63, 3.8) is 0 Å². The minimum atomic E-state index is 0.449. The van der Waals surface area contributed by atoms with Crippen LogP contribution in [0.4, 0.5) is 0 Å². The second-order valence-electron chi connectivity index (χ2n) is 5.34. The molecule has 0 bridgehead atoms. The third-order valence-corrected chi connectivity index (χ3v) is 4.39. The molecule has 0 aliphatic carbocycles. The summed E-state index contributed by atoms with van der Waals surface area (Å²) in [5, 5.41) is 3.16. The summed E-state index contributed by atoms with van der Waals surface area (Å²) in [6.07, 6.45) is 0.860. The molecule has 118 valence electrons. The average molecular weight is 325 g/mol. The van der Waals surface area contributed by atoms with Crippen LogP contribution in [-0.4, -0.2) is 12.1 Å². The molecule has 0 aliphatic rings. The fourth-order valence-corrected chi connectivity index (χ4v) is 3.13. The molecule has 3 rings (SSSR count). The second-order valence-corrected chi connectivity index (χ2v) is 6.28. The van der Waals surface area contributed by atoms with Gasteiger partial charge in [-0.25, -0.2) is 4.98 Å². The highest BCUT2D eigenvalue weighted by molar-refractivity contribution is 7.09. The highest BCUT2D eigenvalue weighted by atomic mass is 32.1. The van der Waals surface area contributed by atoms with Crippen LogP contribution in [0.3, 0.4) is 0 Å². The van der Waals surface area contributed by atoms with Crippen molar-refractivity contribution in [2.24, 2.45) is 0 Å². The van der Waals surface area contributed by atoms with E-state index in [1.165, 1.54) is 5.56 Å². The van der Waals surface area contributed by atoms with E-state index >= 15 is 0 Å². The van der Waals surface area contributed by atoms with E-state index in [1.54, 1.807) is 18.4 Å². The van der Waals surface area contributed by atoms with Gasteiger partial charge in [-0.15, -0.1) is 11.3 Å². The predicted octanol–water partition coefficient (Wildman–Crippen LogP) is 4.63. The summed E-state index contributed by atoms with van der Waals surface area (Å²) in [5.41, 5.74) is 3.37. The number of benzene rings is 2. The third-order valence-electron chi connectivity index (χ3n) is 3.49. The summed E-state index contributed by atoms with van der Waals surface area (Å²) < 4.78 is 11.2. The molecule has 3 nitrogen and oxygen atoms in total. The molecule has 1 heterocycles. The highest BCUT2D eigenvalue weighted by Gasteiger charge is 2.07. The van der Waals surface area contributed by atoms with E-state index in [0.717, 1.165) is 34.2 Å². The maximum Gasteiger partial charge on any atom is 0.161 e. The van der Waals surface area contributed by atoms with Crippen LogP contribution in [0.25, 0.3) is 0 Å². The lowest BCUT2D eigenvalue weighted by atomic mass is 10.2. The molecule has 0 atom stereocenters. The van der Waals surface area contributed by atoms with Crippen LogP contribution in [0.5, 0.6) is 11.5 Å². The Morgan fingerprint density at radius 2 is 1.87 bits per heavy atom. The van der Waals surface area contributed by atoms with Crippen molar-refractivity contribution in [2.45, 2.75) is 20.0 Å². The molecule has 0 radical (unpaired) electrons. The standard InChI is InChI=1S/C19H19NO2S/c1-14-8-9-17(18(10-14)21-2)22-12-16-13-23-19(20-16)11-15-6-4-3-5-7-15/h3-10,13H,11-12H2,1-2H3. The summed E-state index contributed by atoms with van der Waals surface area (Å²) in [5.74, 6) is 1.50. The topological polar surface area (TPSA) is 31.4 Å². The number of hydrogen-bond donors (Lipinski definition) is 0. The lowest BCUT2D eigenvalue weighted by Crippen LogP contribution is -1.99. The Labute approximate surface area is 140 Å². The Morgan fingerprint density at radius 1 is 1.04 bits per heavy atom. The van der Waals surface area contributed by atoms with Gasteiger partial charge >= 0.3 is 0 Å². The van der Waals surface area contributed by atoms with Gasteiger partial charge in [0.05, 0.1) is 17.8 Å². The van der Waals surface area contributed by atoms with E-state index in [0.29, 0.717) is 6.61 Å². The molecular weight excluding hydrogens is 306 g/mol. The lowest BCUT2D eigenvalue weighted by molar-refractivity contribution is 0.281. The number of rotatable bonds is 6. The van der Waals surface area contributed by atoms with Gasteiger partial charge in [-0.1, -0.05) is 36.4 Å². The quantitative estimate of drug-likeness (QED) is 0.662. The highest BCUT2D eigenvalue weighted by Crippen LogP contribution is 2.28. The van der Waals surface area contributed by atoms with Gasteiger partial charge in [0.15, 0.2) is 11.5 Å². The van der Waals surface area contributed by atoms with Gasteiger partial charge < -0.3 is 9.47 Å². The monoisotopic (exact) mass is 325 g/mol. The molecular formula is C19H19NO2S. The van der Waals surface area contributed by atoms with Crippen LogP contribution in [0.15, 0.2) is 53.9 Å². The third kappa shape index (κ3) is 4.11. The van der Waals surface area contributed by atoms with Crippen LogP contribution < -0.4 is 9.47 Å². The number of methoxy groups -OCH3 is 1. The first-order valence-corrected chi connectivity index (χ1v) is 8.37. The zero-order chi connectivity index (χ0) is 16.1. The smallest absolute Gasteiger partial charge is 0.161 e. The molecule has 1 aromatic heterocycles. The summed E-state index contributed by atoms with van der Waals surface area (Å²) in [6.45, 7) is 2.48. The van der Waals surface area contributed by atoms with Crippen molar-refractivity contribution in [3.05, 3.63) is 75.7 Å². The number of nitrogens with zero attached hydrogens (tertiary/aromatic N) is 1. The molecule has 0 spiro atoms. The molecule has 0 saturated carbocycles. The van der Waals surface area contributed by atoms with Crippen molar-refractivity contribution in [2.75, 3.05) is 7.11 Å². The average Bonchev–Trinajstić information content (AvgIpc) is 3.02. The Balaban J connectivity index is 1.63. The van der Waals surface area contributed by atoms with Gasteiger partial charge in [0.1, 0.15) is 6.61 Å².